The molecule has 0 radical (unpaired) electrons. The molecular formula is C22H22ClN5O2S2. The molecule has 0 spiro atoms. The van der Waals surface area contributed by atoms with E-state index in [9.17, 15) is 8.42 Å². The Labute approximate surface area is 195 Å². The van der Waals surface area contributed by atoms with Gasteiger partial charge in [-0.15, -0.1) is 22.9 Å². The van der Waals surface area contributed by atoms with E-state index in [1.165, 1.54) is 12.1 Å². The van der Waals surface area contributed by atoms with Gasteiger partial charge in [0.1, 0.15) is 10.6 Å². The monoisotopic (exact) mass is 487 g/mol. The molecule has 0 aliphatic heterocycles. The SMILES string of the molecule is NS(=O)(=O)c1ccc(CNc2nc(NCCCCl)nc3scc(-c4ccccc4)c23)cc1. The molecule has 0 amide bonds. The number of halogens is 1. The average Bonchev–Trinajstić information content (AvgIpc) is 3.22. The van der Waals surface area contributed by atoms with Gasteiger partial charge in [-0.2, -0.15) is 4.98 Å². The molecule has 4 rings (SSSR count). The molecule has 4 aromatic rings. The van der Waals surface area contributed by atoms with Crippen LogP contribution in [0.25, 0.3) is 21.3 Å². The number of rotatable bonds is 9. The number of fused-ring (bicyclic) bond motifs is 1. The van der Waals surface area contributed by atoms with Crippen LogP contribution in [-0.4, -0.2) is 30.8 Å². The zero-order chi connectivity index (χ0) is 22.6. The van der Waals surface area contributed by atoms with Crippen LogP contribution < -0.4 is 15.8 Å². The fraction of sp³-hybridized carbons (Fsp3) is 0.182. The highest BCUT2D eigenvalue weighted by atomic mass is 35.5. The topological polar surface area (TPSA) is 110 Å². The van der Waals surface area contributed by atoms with Crippen LogP contribution in [0, 0.1) is 0 Å². The van der Waals surface area contributed by atoms with Crippen LogP contribution in [0.15, 0.2) is 64.9 Å². The second-order valence-corrected chi connectivity index (χ2v) is 9.90. The van der Waals surface area contributed by atoms with Gasteiger partial charge < -0.3 is 10.6 Å². The van der Waals surface area contributed by atoms with Crippen molar-refractivity contribution in [3.63, 3.8) is 0 Å². The predicted octanol–water partition coefficient (Wildman–Crippen LogP) is 4.66. The fourth-order valence-electron chi connectivity index (χ4n) is 3.23. The quantitative estimate of drug-likeness (QED) is 0.234. The summed E-state index contributed by atoms with van der Waals surface area (Å²) < 4.78 is 23.0. The first kappa shape index (κ1) is 22.5. The summed E-state index contributed by atoms with van der Waals surface area (Å²) >= 11 is 7.35. The first-order chi connectivity index (χ1) is 15.5. The molecule has 2 aromatic carbocycles. The normalized spacial score (nSPS) is 11.6. The van der Waals surface area contributed by atoms with E-state index in [2.05, 4.69) is 33.1 Å². The lowest BCUT2D eigenvalue weighted by Crippen LogP contribution is -2.12. The molecule has 0 bridgehead atoms. The summed E-state index contributed by atoms with van der Waals surface area (Å²) in [5.41, 5.74) is 3.05. The lowest BCUT2D eigenvalue weighted by atomic mass is 10.1. The van der Waals surface area contributed by atoms with E-state index in [1.54, 1.807) is 23.5 Å². The molecule has 10 heteroatoms. The van der Waals surface area contributed by atoms with Crippen molar-refractivity contribution in [2.75, 3.05) is 23.1 Å². The van der Waals surface area contributed by atoms with Crippen LogP contribution in [0.4, 0.5) is 11.8 Å². The van der Waals surface area contributed by atoms with E-state index in [1.807, 2.05) is 18.2 Å². The number of nitrogens with zero attached hydrogens (tertiary/aromatic N) is 2. The van der Waals surface area contributed by atoms with E-state index >= 15 is 0 Å². The molecule has 0 saturated heterocycles. The van der Waals surface area contributed by atoms with Crippen molar-refractivity contribution in [2.45, 2.75) is 17.9 Å². The molecule has 0 unspecified atom stereocenters. The van der Waals surface area contributed by atoms with Gasteiger partial charge in [0, 0.05) is 29.9 Å². The van der Waals surface area contributed by atoms with Gasteiger partial charge in [-0.3, -0.25) is 0 Å². The molecule has 4 N–H and O–H groups in total. The van der Waals surface area contributed by atoms with Crippen molar-refractivity contribution < 1.29 is 8.42 Å². The standard InChI is InChI=1S/C22H22ClN5O2S2/c23-11-4-12-25-22-27-20(26-13-15-7-9-17(10-8-15)32(24,29)30)19-18(14-31-21(19)28-22)16-5-2-1-3-6-16/h1-3,5-10,14H,4,11-13H2,(H2,24,29,30)(H2,25,26,27,28). The molecule has 0 aliphatic carbocycles. The minimum atomic E-state index is -3.72. The maximum atomic E-state index is 11.5. The van der Waals surface area contributed by atoms with Crippen molar-refractivity contribution in [3.8, 4) is 11.1 Å². The maximum Gasteiger partial charge on any atom is 0.238 e. The number of nitrogens with one attached hydrogen (secondary N) is 2. The zero-order valence-corrected chi connectivity index (χ0v) is 19.5. The molecule has 166 valence electrons. The van der Waals surface area contributed by atoms with E-state index in [0.717, 1.165) is 33.3 Å². The Balaban J connectivity index is 1.67. The van der Waals surface area contributed by atoms with Crippen LogP contribution in [0.2, 0.25) is 0 Å². The van der Waals surface area contributed by atoms with E-state index < -0.39 is 10.0 Å². The molecule has 2 heterocycles. The Morgan fingerprint density at radius 2 is 1.75 bits per heavy atom. The largest absolute Gasteiger partial charge is 0.365 e. The predicted molar refractivity (Wildman–Crippen MR) is 132 cm³/mol. The van der Waals surface area contributed by atoms with Crippen LogP contribution in [0.5, 0.6) is 0 Å². The molecule has 0 aliphatic rings. The molecule has 7 nitrogen and oxygen atoms in total. The van der Waals surface area contributed by atoms with E-state index in [0.29, 0.717) is 30.7 Å². The van der Waals surface area contributed by atoms with Gasteiger partial charge in [-0.1, -0.05) is 42.5 Å². The number of thiophene rings is 1. The van der Waals surface area contributed by atoms with Gasteiger partial charge in [0.15, 0.2) is 0 Å². The van der Waals surface area contributed by atoms with Crippen molar-refractivity contribution in [2.24, 2.45) is 5.14 Å². The fourth-order valence-corrected chi connectivity index (χ4v) is 4.82. The third kappa shape index (κ3) is 5.18. The Kier molecular flexibility index (Phi) is 6.90. The van der Waals surface area contributed by atoms with Gasteiger partial charge in [-0.25, -0.2) is 18.5 Å². The highest BCUT2D eigenvalue weighted by molar-refractivity contribution is 7.89. The maximum absolute atomic E-state index is 11.5. The summed E-state index contributed by atoms with van der Waals surface area (Å²) in [6.07, 6.45) is 0.807. The van der Waals surface area contributed by atoms with Crippen LogP contribution in [0.3, 0.4) is 0 Å². The number of hydrogen-bond donors (Lipinski definition) is 3. The number of alkyl halides is 1. The van der Waals surface area contributed by atoms with Gasteiger partial charge in [-0.05, 0) is 29.7 Å². The highest BCUT2D eigenvalue weighted by Gasteiger charge is 2.15. The molecule has 0 atom stereocenters. The van der Waals surface area contributed by atoms with E-state index in [-0.39, 0.29) is 4.90 Å². The second kappa shape index (κ2) is 9.83. The van der Waals surface area contributed by atoms with Crippen molar-refractivity contribution >= 4 is 54.9 Å². The first-order valence-corrected chi connectivity index (χ1v) is 12.9. The van der Waals surface area contributed by atoms with Crippen molar-refractivity contribution in [3.05, 3.63) is 65.5 Å². The number of nitrogens with two attached hydrogens (primary N) is 1. The Morgan fingerprint density at radius 1 is 1.00 bits per heavy atom. The summed E-state index contributed by atoms with van der Waals surface area (Å²) in [6.45, 7) is 1.14. The molecule has 0 fully saturated rings. The number of anilines is 2. The van der Waals surface area contributed by atoms with Crippen LogP contribution >= 0.6 is 22.9 Å². The number of primary sulfonamides is 1. The summed E-state index contributed by atoms with van der Waals surface area (Å²) in [4.78, 5) is 10.4. The van der Waals surface area contributed by atoms with Crippen molar-refractivity contribution in [1.29, 1.82) is 0 Å². The summed E-state index contributed by atoms with van der Waals surface area (Å²) in [5, 5.41) is 14.8. The average molecular weight is 488 g/mol. The van der Waals surface area contributed by atoms with Crippen molar-refractivity contribution in [1.82, 2.24) is 9.97 Å². The second-order valence-electron chi connectivity index (χ2n) is 7.10. The Hall–Kier alpha value is -2.72. The lowest BCUT2D eigenvalue weighted by Gasteiger charge is -2.12. The number of hydrogen-bond acceptors (Lipinski definition) is 7. The third-order valence-corrected chi connectivity index (χ3v) is 6.89. The molecule has 2 aromatic heterocycles. The van der Waals surface area contributed by atoms with Gasteiger partial charge in [0.25, 0.3) is 0 Å². The van der Waals surface area contributed by atoms with Crippen LogP contribution in [0.1, 0.15) is 12.0 Å². The first-order valence-electron chi connectivity index (χ1n) is 9.96. The van der Waals surface area contributed by atoms with Gasteiger partial charge in [0.2, 0.25) is 16.0 Å². The zero-order valence-electron chi connectivity index (χ0n) is 17.1. The summed E-state index contributed by atoms with van der Waals surface area (Å²) in [6, 6.07) is 16.6. The van der Waals surface area contributed by atoms with Gasteiger partial charge in [0.05, 0.1) is 10.3 Å². The van der Waals surface area contributed by atoms with Crippen LogP contribution in [-0.2, 0) is 16.6 Å². The Morgan fingerprint density at radius 3 is 2.44 bits per heavy atom. The molecule has 32 heavy (non-hydrogen) atoms. The number of benzene rings is 2. The minimum Gasteiger partial charge on any atom is -0.365 e. The summed E-state index contributed by atoms with van der Waals surface area (Å²) in [7, 11) is -3.72. The Bertz CT molecular complexity index is 1310. The minimum absolute atomic E-state index is 0.0839. The smallest absolute Gasteiger partial charge is 0.238 e. The molecular weight excluding hydrogens is 466 g/mol. The molecule has 0 saturated carbocycles. The highest BCUT2D eigenvalue weighted by Crippen LogP contribution is 2.37. The lowest BCUT2D eigenvalue weighted by molar-refractivity contribution is 0.598. The number of aromatic nitrogens is 2. The number of sulfonamides is 1. The van der Waals surface area contributed by atoms with Gasteiger partial charge >= 0.3 is 0 Å². The van der Waals surface area contributed by atoms with E-state index in [4.69, 9.17) is 21.7 Å². The summed E-state index contributed by atoms with van der Waals surface area (Å²) in [5.74, 6) is 1.81. The third-order valence-electron chi connectivity index (χ3n) is 4.82.